The van der Waals surface area contributed by atoms with E-state index in [0.29, 0.717) is 6.54 Å². The maximum atomic E-state index is 9.67. The Kier molecular flexibility index (Phi) is 3.50. The minimum atomic E-state index is -0.595. The molecule has 1 aromatic carbocycles. The lowest BCUT2D eigenvalue weighted by atomic mass is 10.3. The molecule has 5 nitrogen and oxygen atoms in total. The summed E-state index contributed by atoms with van der Waals surface area (Å²) in [6.45, 7) is 0.622. The van der Waals surface area contributed by atoms with E-state index in [1.807, 2.05) is 30.3 Å². The molecule has 16 heavy (non-hydrogen) atoms. The van der Waals surface area contributed by atoms with Crippen molar-refractivity contribution in [2.75, 3.05) is 6.61 Å². The normalized spacial score (nSPS) is 12.3. The molecule has 0 aliphatic heterocycles. The van der Waals surface area contributed by atoms with E-state index < -0.39 is 6.10 Å². The van der Waals surface area contributed by atoms with E-state index in [0.717, 1.165) is 5.75 Å². The molecule has 1 atom stereocenters. The summed E-state index contributed by atoms with van der Waals surface area (Å²) < 4.78 is 6.97. The molecule has 0 saturated carbocycles. The highest BCUT2D eigenvalue weighted by Crippen LogP contribution is 2.08. The van der Waals surface area contributed by atoms with E-state index in [-0.39, 0.29) is 6.61 Å². The van der Waals surface area contributed by atoms with Gasteiger partial charge in [0, 0.05) is 0 Å². The van der Waals surface area contributed by atoms with Crippen LogP contribution in [0.1, 0.15) is 0 Å². The van der Waals surface area contributed by atoms with Gasteiger partial charge in [0.15, 0.2) is 0 Å². The lowest BCUT2D eigenvalue weighted by Crippen LogP contribution is -2.23. The summed E-state index contributed by atoms with van der Waals surface area (Å²) in [4.78, 5) is 3.79. The van der Waals surface area contributed by atoms with Gasteiger partial charge in [-0.05, 0) is 12.1 Å². The van der Waals surface area contributed by atoms with E-state index in [9.17, 15) is 5.11 Å². The van der Waals surface area contributed by atoms with Gasteiger partial charge in [-0.15, -0.1) is 0 Å². The Labute approximate surface area is 93.3 Å². The van der Waals surface area contributed by atoms with Gasteiger partial charge < -0.3 is 9.84 Å². The minimum absolute atomic E-state index is 0.240. The molecule has 0 aliphatic rings. The fraction of sp³-hybridized carbons (Fsp3) is 0.273. The highest BCUT2D eigenvalue weighted by Gasteiger charge is 2.06. The maximum absolute atomic E-state index is 9.67. The Morgan fingerprint density at radius 3 is 2.81 bits per heavy atom. The van der Waals surface area contributed by atoms with Crippen LogP contribution in [0.3, 0.4) is 0 Å². The number of hydrogen-bond acceptors (Lipinski definition) is 4. The first-order valence-electron chi connectivity index (χ1n) is 5.03. The second-order valence-electron chi connectivity index (χ2n) is 3.40. The Bertz CT molecular complexity index is 402. The van der Waals surface area contributed by atoms with E-state index in [1.54, 1.807) is 11.0 Å². The average molecular weight is 219 g/mol. The predicted molar refractivity (Wildman–Crippen MR) is 58.0 cm³/mol. The quantitative estimate of drug-likeness (QED) is 0.804. The van der Waals surface area contributed by atoms with Crippen molar-refractivity contribution in [3.8, 4) is 5.75 Å². The molecule has 5 heteroatoms. The van der Waals surface area contributed by atoms with Gasteiger partial charge in [0.2, 0.25) is 0 Å². The SMILES string of the molecule is OC(COc1ccccc1)Cn1cncn1. The molecule has 0 aliphatic carbocycles. The molecule has 1 aromatic heterocycles. The maximum Gasteiger partial charge on any atom is 0.137 e. The Hall–Kier alpha value is -1.88. The largest absolute Gasteiger partial charge is 0.491 e. The van der Waals surface area contributed by atoms with Gasteiger partial charge in [0.05, 0.1) is 6.54 Å². The predicted octanol–water partition coefficient (Wildman–Crippen LogP) is 0.718. The summed E-state index contributed by atoms with van der Waals surface area (Å²) in [5, 5.41) is 13.6. The molecule has 0 spiro atoms. The van der Waals surface area contributed by atoms with Crippen LogP contribution in [0.4, 0.5) is 0 Å². The zero-order chi connectivity index (χ0) is 11.2. The van der Waals surface area contributed by atoms with Crippen LogP contribution in [0.15, 0.2) is 43.0 Å². The van der Waals surface area contributed by atoms with E-state index in [2.05, 4.69) is 10.1 Å². The van der Waals surface area contributed by atoms with Crippen LogP contribution >= 0.6 is 0 Å². The number of ether oxygens (including phenoxy) is 1. The Morgan fingerprint density at radius 2 is 2.12 bits per heavy atom. The third kappa shape index (κ3) is 3.06. The molecule has 0 radical (unpaired) electrons. The Balaban J connectivity index is 1.78. The number of aliphatic hydroxyl groups excluding tert-OH is 1. The minimum Gasteiger partial charge on any atom is -0.491 e. The topological polar surface area (TPSA) is 60.2 Å². The number of rotatable bonds is 5. The van der Waals surface area contributed by atoms with Gasteiger partial charge in [-0.25, -0.2) is 4.98 Å². The van der Waals surface area contributed by atoms with Crippen molar-refractivity contribution in [2.24, 2.45) is 0 Å². The van der Waals surface area contributed by atoms with Crippen molar-refractivity contribution in [1.29, 1.82) is 0 Å². The van der Waals surface area contributed by atoms with E-state index in [4.69, 9.17) is 4.74 Å². The second-order valence-corrected chi connectivity index (χ2v) is 3.40. The van der Waals surface area contributed by atoms with Crippen molar-refractivity contribution < 1.29 is 9.84 Å². The van der Waals surface area contributed by atoms with Crippen molar-refractivity contribution in [3.63, 3.8) is 0 Å². The van der Waals surface area contributed by atoms with Crippen molar-refractivity contribution in [3.05, 3.63) is 43.0 Å². The number of aliphatic hydroxyl groups is 1. The molecular formula is C11H13N3O2. The third-order valence-electron chi connectivity index (χ3n) is 2.05. The molecule has 1 unspecified atom stereocenters. The van der Waals surface area contributed by atoms with Crippen LogP contribution in [0.2, 0.25) is 0 Å². The van der Waals surface area contributed by atoms with Crippen LogP contribution in [-0.4, -0.2) is 32.6 Å². The monoisotopic (exact) mass is 219 g/mol. The molecule has 1 heterocycles. The zero-order valence-corrected chi connectivity index (χ0v) is 8.73. The van der Waals surface area contributed by atoms with Crippen LogP contribution in [-0.2, 0) is 6.54 Å². The number of nitrogens with zero attached hydrogens (tertiary/aromatic N) is 3. The standard InChI is InChI=1S/C11H13N3O2/c15-10(6-14-9-12-8-13-14)7-16-11-4-2-1-3-5-11/h1-5,8-10,15H,6-7H2. The van der Waals surface area contributed by atoms with Crippen LogP contribution in [0, 0.1) is 0 Å². The summed E-state index contributed by atoms with van der Waals surface area (Å²) in [5.74, 6) is 0.750. The molecular weight excluding hydrogens is 206 g/mol. The average Bonchev–Trinajstić information content (AvgIpc) is 2.81. The molecule has 0 saturated heterocycles. The molecule has 0 amide bonds. The summed E-state index contributed by atoms with van der Waals surface area (Å²) in [7, 11) is 0. The highest BCUT2D eigenvalue weighted by atomic mass is 16.5. The van der Waals surface area contributed by atoms with Gasteiger partial charge >= 0.3 is 0 Å². The molecule has 2 aromatic rings. The molecule has 2 rings (SSSR count). The van der Waals surface area contributed by atoms with Crippen molar-refractivity contribution in [2.45, 2.75) is 12.6 Å². The van der Waals surface area contributed by atoms with Gasteiger partial charge in [0.25, 0.3) is 0 Å². The first kappa shape index (κ1) is 10.6. The fourth-order valence-corrected chi connectivity index (χ4v) is 1.30. The van der Waals surface area contributed by atoms with Crippen LogP contribution < -0.4 is 4.74 Å². The first-order chi connectivity index (χ1) is 7.84. The lowest BCUT2D eigenvalue weighted by molar-refractivity contribution is 0.0892. The number of hydrogen-bond donors (Lipinski definition) is 1. The molecule has 0 bridgehead atoms. The molecule has 84 valence electrons. The fourth-order valence-electron chi connectivity index (χ4n) is 1.30. The Morgan fingerprint density at radius 1 is 1.31 bits per heavy atom. The summed E-state index contributed by atoms with van der Waals surface area (Å²) in [6.07, 6.45) is 2.40. The van der Waals surface area contributed by atoms with E-state index >= 15 is 0 Å². The first-order valence-corrected chi connectivity index (χ1v) is 5.03. The van der Waals surface area contributed by atoms with Crippen molar-refractivity contribution >= 4 is 0 Å². The van der Waals surface area contributed by atoms with Crippen molar-refractivity contribution in [1.82, 2.24) is 14.8 Å². The van der Waals surface area contributed by atoms with Crippen LogP contribution in [0.5, 0.6) is 5.75 Å². The number of para-hydroxylation sites is 1. The zero-order valence-electron chi connectivity index (χ0n) is 8.73. The summed E-state index contributed by atoms with van der Waals surface area (Å²) in [5.41, 5.74) is 0. The number of benzene rings is 1. The smallest absolute Gasteiger partial charge is 0.137 e. The molecule has 1 N–H and O–H groups in total. The van der Waals surface area contributed by atoms with E-state index in [1.165, 1.54) is 6.33 Å². The number of aromatic nitrogens is 3. The summed E-state index contributed by atoms with van der Waals surface area (Å²) >= 11 is 0. The van der Waals surface area contributed by atoms with Gasteiger partial charge in [0.1, 0.15) is 31.1 Å². The van der Waals surface area contributed by atoms with Crippen LogP contribution in [0.25, 0.3) is 0 Å². The summed E-state index contributed by atoms with van der Waals surface area (Å²) in [6, 6.07) is 9.39. The van der Waals surface area contributed by atoms with Gasteiger partial charge in [-0.3, -0.25) is 4.68 Å². The molecule has 0 fully saturated rings. The lowest BCUT2D eigenvalue weighted by Gasteiger charge is -2.11. The second kappa shape index (κ2) is 5.27. The van der Waals surface area contributed by atoms with Gasteiger partial charge in [-0.2, -0.15) is 5.10 Å². The third-order valence-corrected chi connectivity index (χ3v) is 2.05. The van der Waals surface area contributed by atoms with Gasteiger partial charge in [-0.1, -0.05) is 18.2 Å². The highest BCUT2D eigenvalue weighted by molar-refractivity contribution is 5.20.